The molecule has 27 heavy (non-hydrogen) atoms. The molecule has 0 spiro atoms. The van der Waals surface area contributed by atoms with Gasteiger partial charge in [-0.2, -0.15) is 0 Å². The Morgan fingerprint density at radius 3 is 2.70 bits per heavy atom. The Kier molecular flexibility index (Phi) is 4.76. The van der Waals surface area contributed by atoms with Crippen molar-refractivity contribution in [2.45, 2.75) is 38.4 Å². The fourth-order valence-electron chi connectivity index (χ4n) is 4.75. The summed E-state index contributed by atoms with van der Waals surface area (Å²) in [5.41, 5.74) is 4.38. The molecule has 3 aliphatic heterocycles. The van der Waals surface area contributed by atoms with Gasteiger partial charge < -0.3 is 9.47 Å². The molecule has 0 aromatic heterocycles. The van der Waals surface area contributed by atoms with Gasteiger partial charge in [-0.3, -0.25) is 9.80 Å². The van der Waals surface area contributed by atoms with Crippen LogP contribution in [-0.2, 0) is 19.5 Å². The van der Waals surface area contributed by atoms with Crippen LogP contribution < -0.4 is 9.47 Å². The lowest BCUT2D eigenvalue weighted by Gasteiger charge is -2.41. The summed E-state index contributed by atoms with van der Waals surface area (Å²) in [6.07, 6.45) is 3.79. The molecule has 142 valence electrons. The molecule has 0 aliphatic carbocycles. The van der Waals surface area contributed by atoms with E-state index >= 15 is 0 Å². The number of benzene rings is 2. The number of hydrogen-bond acceptors (Lipinski definition) is 4. The van der Waals surface area contributed by atoms with E-state index in [0.29, 0.717) is 19.3 Å². The first-order valence-corrected chi connectivity index (χ1v) is 10.3. The average Bonchev–Trinajstić information content (AvgIpc) is 2.73. The van der Waals surface area contributed by atoms with Crippen molar-refractivity contribution in [2.75, 3.05) is 32.8 Å². The van der Waals surface area contributed by atoms with Crippen molar-refractivity contribution in [2.24, 2.45) is 0 Å². The van der Waals surface area contributed by atoms with Gasteiger partial charge in [-0.1, -0.05) is 30.3 Å². The number of likely N-dealkylation sites (tertiary alicyclic amines) is 1. The maximum Gasteiger partial charge on any atom is 0.161 e. The van der Waals surface area contributed by atoms with Crippen LogP contribution in [0.4, 0.5) is 0 Å². The summed E-state index contributed by atoms with van der Waals surface area (Å²) < 4.78 is 11.4. The van der Waals surface area contributed by atoms with Crippen molar-refractivity contribution in [1.29, 1.82) is 0 Å². The van der Waals surface area contributed by atoms with Crippen LogP contribution in [0.3, 0.4) is 0 Å². The summed E-state index contributed by atoms with van der Waals surface area (Å²) in [6, 6.07) is 16.0. The summed E-state index contributed by atoms with van der Waals surface area (Å²) >= 11 is 0. The lowest BCUT2D eigenvalue weighted by Crippen LogP contribution is -2.49. The summed E-state index contributed by atoms with van der Waals surface area (Å²) in [6.45, 7) is 6.96. The molecular weight excluding hydrogens is 336 g/mol. The van der Waals surface area contributed by atoms with Crippen LogP contribution in [0.25, 0.3) is 0 Å². The number of fused-ring (bicyclic) bond motifs is 2. The van der Waals surface area contributed by atoms with Crippen LogP contribution >= 0.6 is 0 Å². The van der Waals surface area contributed by atoms with Crippen LogP contribution in [0.5, 0.6) is 11.5 Å². The van der Waals surface area contributed by atoms with Gasteiger partial charge in [-0.25, -0.2) is 0 Å². The predicted molar refractivity (Wildman–Crippen MR) is 106 cm³/mol. The van der Waals surface area contributed by atoms with Crippen LogP contribution in [0.15, 0.2) is 42.5 Å². The zero-order valence-corrected chi connectivity index (χ0v) is 15.9. The highest BCUT2D eigenvalue weighted by Crippen LogP contribution is 2.32. The fraction of sp³-hybridized carbons (Fsp3) is 0.478. The third-order valence-corrected chi connectivity index (χ3v) is 6.17. The molecule has 1 atom stereocenters. The third kappa shape index (κ3) is 3.69. The lowest BCUT2D eigenvalue weighted by molar-refractivity contribution is 0.0837. The van der Waals surface area contributed by atoms with E-state index < -0.39 is 0 Å². The van der Waals surface area contributed by atoms with E-state index in [-0.39, 0.29) is 0 Å². The standard InChI is InChI=1S/C23H28N2O2/c1-2-5-20-16-25(11-9-19(20)4-1)21-6-3-10-24(17-21)15-18-7-8-22-23(14-18)27-13-12-26-22/h1-2,4-5,7-8,14,21H,3,6,9-13,15-17H2/t21-/m1/s1. The molecule has 4 heteroatoms. The predicted octanol–water partition coefficient (Wildman–Crippen LogP) is 3.48. The molecule has 0 saturated carbocycles. The van der Waals surface area contributed by atoms with E-state index in [1.54, 1.807) is 0 Å². The lowest BCUT2D eigenvalue weighted by atomic mass is 9.96. The second kappa shape index (κ2) is 7.53. The van der Waals surface area contributed by atoms with Gasteiger partial charge in [0.15, 0.2) is 11.5 Å². The Labute approximate surface area is 161 Å². The van der Waals surface area contributed by atoms with Gasteiger partial charge in [-0.15, -0.1) is 0 Å². The number of piperidine rings is 1. The molecule has 0 bridgehead atoms. The first-order valence-electron chi connectivity index (χ1n) is 10.3. The number of hydrogen-bond donors (Lipinski definition) is 0. The summed E-state index contributed by atoms with van der Waals surface area (Å²) in [7, 11) is 0. The number of rotatable bonds is 3. The molecule has 0 radical (unpaired) electrons. The molecule has 2 aromatic carbocycles. The summed E-state index contributed by atoms with van der Waals surface area (Å²) in [4.78, 5) is 5.32. The Hall–Kier alpha value is -2.04. The van der Waals surface area contributed by atoms with Crippen LogP contribution in [0.2, 0.25) is 0 Å². The SMILES string of the molecule is c1ccc2c(c1)CCN([C@@H]1CCCN(Cc3ccc4c(c3)OCCO4)C1)C2. The maximum absolute atomic E-state index is 5.75. The highest BCUT2D eigenvalue weighted by Gasteiger charge is 2.28. The van der Waals surface area contributed by atoms with Crippen LogP contribution in [-0.4, -0.2) is 48.7 Å². The highest BCUT2D eigenvalue weighted by atomic mass is 16.6. The van der Waals surface area contributed by atoms with Gasteiger partial charge in [0, 0.05) is 32.2 Å². The zero-order valence-electron chi connectivity index (χ0n) is 15.9. The third-order valence-electron chi connectivity index (χ3n) is 6.17. The molecule has 1 saturated heterocycles. The molecule has 1 fully saturated rings. The minimum absolute atomic E-state index is 0.651. The fourth-order valence-corrected chi connectivity index (χ4v) is 4.75. The van der Waals surface area contributed by atoms with Crippen molar-refractivity contribution in [1.82, 2.24) is 9.80 Å². The van der Waals surface area contributed by atoms with Gasteiger partial charge in [0.2, 0.25) is 0 Å². The van der Waals surface area contributed by atoms with E-state index in [1.807, 2.05) is 0 Å². The van der Waals surface area contributed by atoms with E-state index in [1.165, 1.54) is 49.0 Å². The molecule has 0 N–H and O–H groups in total. The van der Waals surface area contributed by atoms with Gasteiger partial charge >= 0.3 is 0 Å². The second-order valence-electron chi connectivity index (χ2n) is 8.00. The molecule has 5 rings (SSSR count). The monoisotopic (exact) mass is 364 g/mol. The average molecular weight is 364 g/mol. The Morgan fingerprint density at radius 2 is 1.78 bits per heavy atom. The molecular formula is C23H28N2O2. The second-order valence-corrected chi connectivity index (χ2v) is 8.00. The number of ether oxygens (including phenoxy) is 2. The zero-order chi connectivity index (χ0) is 18.1. The quantitative estimate of drug-likeness (QED) is 0.832. The van der Waals surface area contributed by atoms with E-state index in [9.17, 15) is 0 Å². The van der Waals surface area contributed by atoms with Crippen LogP contribution in [0.1, 0.15) is 29.5 Å². The molecule has 3 heterocycles. The first-order chi connectivity index (χ1) is 13.3. The maximum atomic E-state index is 5.75. The first kappa shape index (κ1) is 17.1. The van der Waals surface area contributed by atoms with Crippen molar-refractivity contribution < 1.29 is 9.47 Å². The van der Waals surface area contributed by atoms with Gasteiger partial charge in [-0.05, 0) is 54.6 Å². The van der Waals surface area contributed by atoms with Crippen molar-refractivity contribution in [3.05, 3.63) is 59.2 Å². The van der Waals surface area contributed by atoms with Crippen LogP contribution in [0, 0.1) is 0 Å². The minimum Gasteiger partial charge on any atom is -0.486 e. The van der Waals surface area contributed by atoms with Crippen molar-refractivity contribution in [3.8, 4) is 11.5 Å². The van der Waals surface area contributed by atoms with E-state index in [2.05, 4.69) is 52.3 Å². The van der Waals surface area contributed by atoms with Crippen molar-refractivity contribution in [3.63, 3.8) is 0 Å². The summed E-state index contributed by atoms with van der Waals surface area (Å²) in [5.74, 6) is 1.79. The Morgan fingerprint density at radius 1 is 0.926 bits per heavy atom. The normalized spacial score (nSPS) is 23.0. The topological polar surface area (TPSA) is 24.9 Å². The highest BCUT2D eigenvalue weighted by molar-refractivity contribution is 5.43. The summed E-state index contributed by atoms with van der Waals surface area (Å²) in [5, 5.41) is 0. The molecule has 3 aliphatic rings. The Bertz CT molecular complexity index is 807. The molecule has 0 unspecified atom stereocenters. The Balaban J connectivity index is 1.24. The van der Waals surface area contributed by atoms with Gasteiger partial charge in [0.1, 0.15) is 13.2 Å². The van der Waals surface area contributed by atoms with E-state index in [4.69, 9.17) is 9.47 Å². The smallest absolute Gasteiger partial charge is 0.161 e. The van der Waals surface area contributed by atoms with Gasteiger partial charge in [0.25, 0.3) is 0 Å². The number of nitrogens with zero attached hydrogens (tertiary/aromatic N) is 2. The minimum atomic E-state index is 0.651. The molecule has 0 amide bonds. The van der Waals surface area contributed by atoms with Gasteiger partial charge in [0.05, 0.1) is 0 Å². The molecule has 2 aromatic rings. The van der Waals surface area contributed by atoms with E-state index in [0.717, 1.165) is 31.1 Å². The van der Waals surface area contributed by atoms with Crippen molar-refractivity contribution >= 4 is 0 Å². The molecule has 4 nitrogen and oxygen atoms in total. The largest absolute Gasteiger partial charge is 0.486 e.